The third-order valence-corrected chi connectivity index (χ3v) is 4.42. The summed E-state index contributed by atoms with van der Waals surface area (Å²) in [5.74, 6) is -0.0327. The Kier molecular flexibility index (Phi) is 7.88. The Bertz CT molecular complexity index is 544. The minimum atomic E-state index is -0.0242. The number of nitrogens with zero attached hydrogens (tertiary/aromatic N) is 3. The molecule has 0 aliphatic carbocycles. The van der Waals surface area contributed by atoms with Crippen LogP contribution >= 0.6 is 0 Å². The van der Waals surface area contributed by atoms with Gasteiger partial charge in [-0.05, 0) is 32.0 Å². The van der Waals surface area contributed by atoms with Crippen LogP contribution in [0.1, 0.15) is 12.0 Å². The minimum Gasteiger partial charge on any atom is -0.378 e. The van der Waals surface area contributed by atoms with Crippen molar-refractivity contribution >= 4 is 11.8 Å². The Labute approximate surface area is 150 Å². The van der Waals surface area contributed by atoms with E-state index < -0.39 is 0 Å². The fourth-order valence-corrected chi connectivity index (χ4v) is 2.83. The molecule has 0 radical (unpaired) electrons. The van der Waals surface area contributed by atoms with E-state index in [1.165, 1.54) is 10.5 Å². The first-order valence-corrected chi connectivity index (χ1v) is 8.88. The fraction of sp³-hybridized carbons (Fsp3) is 0.579. The first kappa shape index (κ1) is 19.4. The van der Waals surface area contributed by atoms with Gasteiger partial charge in [-0.25, -0.2) is 0 Å². The molecule has 1 aromatic rings. The second-order valence-electron chi connectivity index (χ2n) is 6.57. The minimum absolute atomic E-state index is 0.00844. The normalized spacial score (nSPS) is 14.6. The van der Waals surface area contributed by atoms with Gasteiger partial charge in [-0.1, -0.05) is 30.3 Å². The summed E-state index contributed by atoms with van der Waals surface area (Å²) >= 11 is 0. The number of rotatable bonds is 8. The summed E-state index contributed by atoms with van der Waals surface area (Å²) in [6.45, 7) is 3.70. The molecule has 0 spiro atoms. The fourth-order valence-electron chi connectivity index (χ4n) is 2.83. The summed E-state index contributed by atoms with van der Waals surface area (Å²) in [4.78, 5) is 29.8. The predicted molar refractivity (Wildman–Crippen MR) is 97.3 cm³/mol. The average Bonchev–Trinajstić information content (AvgIpc) is 2.63. The largest absolute Gasteiger partial charge is 0.378 e. The third-order valence-electron chi connectivity index (χ3n) is 4.42. The zero-order chi connectivity index (χ0) is 18.1. The number of carbonyl (C=O) groups excluding carboxylic acids is 2. The molecule has 2 amide bonds. The summed E-state index contributed by atoms with van der Waals surface area (Å²) in [6, 6.07) is 10.3. The maximum absolute atomic E-state index is 12.3. The van der Waals surface area contributed by atoms with Crippen LogP contribution in [0.5, 0.6) is 0 Å². The quantitative estimate of drug-likeness (QED) is 0.700. The number of amides is 2. The highest BCUT2D eigenvalue weighted by molar-refractivity contribution is 5.85. The van der Waals surface area contributed by atoms with Crippen molar-refractivity contribution in [3.8, 4) is 0 Å². The van der Waals surface area contributed by atoms with Crippen molar-refractivity contribution in [1.82, 2.24) is 14.7 Å². The van der Waals surface area contributed by atoms with Crippen LogP contribution in [0.2, 0.25) is 0 Å². The van der Waals surface area contributed by atoms with Crippen LogP contribution in [0.25, 0.3) is 0 Å². The molecule has 1 aliphatic heterocycles. The monoisotopic (exact) mass is 347 g/mol. The number of benzene rings is 1. The van der Waals surface area contributed by atoms with Gasteiger partial charge in [0.25, 0.3) is 0 Å². The van der Waals surface area contributed by atoms with E-state index in [0.29, 0.717) is 32.8 Å². The lowest BCUT2D eigenvalue weighted by Gasteiger charge is -2.29. The molecule has 1 fully saturated rings. The predicted octanol–water partition coefficient (Wildman–Crippen LogP) is 0.868. The van der Waals surface area contributed by atoms with Gasteiger partial charge in [0.05, 0.1) is 26.3 Å². The van der Waals surface area contributed by atoms with E-state index in [1.54, 1.807) is 11.9 Å². The van der Waals surface area contributed by atoms with E-state index in [-0.39, 0.29) is 18.4 Å². The first-order chi connectivity index (χ1) is 12.1. The molecule has 6 heteroatoms. The number of ether oxygens (including phenoxy) is 1. The van der Waals surface area contributed by atoms with Gasteiger partial charge >= 0.3 is 0 Å². The molecule has 25 heavy (non-hydrogen) atoms. The van der Waals surface area contributed by atoms with Crippen molar-refractivity contribution in [1.29, 1.82) is 0 Å². The molecule has 1 saturated heterocycles. The van der Waals surface area contributed by atoms with E-state index in [0.717, 1.165) is 19.4 Å². The van der Waals surface area contributed by atoms with Crippen molar-refractivity contribution < 1.29 is 14.3 Å². The Morgan fingerprint density at radius 1 is 1.08 bits per heavy atom. The van der Waals surface area contributed by atoms with Gasteiger partial charge < -0.3 is 14.5 Å². The zero-order valence-electron chi connectivity index (χ0n) is 15.3. The van der Waals surface area contributed by atoms with Gasteiger partial charge in [-0.15, -0.1) is 0 Å². The average molecular weight is 347 g/mol. The Balaban J connectivity index is 1.66. The SMILES string of the molecule is CN(CCCc1ccccc1)CC(=O)N(C)CC(=O)N1CCOCC1. The maximum atomic E-state index is 12.3. The molecule has 2 rings (SSSR count). The van der Waals surface area contributed by atoms with Crippen LogP contribution in [-0.4, -0.2) is 86.5 Å². The molecule has 0 aromatic heterocycles. The highest BCUT2D eigenvalue weighted by atomic mass is 16.5. The molecule has 0 atom stereocenters. The van der Waals surface area contributed by atoms with E-state index in [1.807, 2.05) is 30.1 Å². The van der Waals surface area contributed by atoms with Crippen LogP contribution in [0.3, 0.4) is 0 Å². The second kappa shape index (κ2) is 10.2. The number of carbonyl (C=O) groups is 2. The molecule has 0 N–H and O–H groups in total. The van der Waals surface area contributed by atoms with Crippen LogP contribution in [0, 0.1) is 0 Å². The summed E-state index contributed by atoms with van der Waals surface area (Å²) < 4.78 is 5.24. The van der Waals surface area contributed by atoms with Gasteiger partial charge in [0, 0.05) is 20.1 Å². The number of aryl methyl sites for hydroxylation is 1. The number of morpholine rings is 1. The lowest BCUT2D eigenvalue weighted by atomic mass is 10.1. The molecule has 138 valence electrons. The van der Waals surface area contributed by atoms with Crippen LogP contribution in [-0.2, 0) is 20.7 Å². The van der Waals surface area contributed by atoms with Crippen molar-refractivity contribution in [3.05, 3.63) is 35.9 Å². The standard InChI is InChI=1S/C19H29N3O3/c1-20(10-6-9-17-7-4-3-5-8-17)15-18(23)21(2)16-19(24)22-11-13-25-14-12-22/h3-5,7-8H,6,9-16H2,1-2H3. The molecule has 0 bridgehead atoms. The van der Waals surface area contributed by atoms with Crippen molar-refractivity contribution in [3.63, 3.8) is 0 Å². The summed E-state index contributed by atoms with van der Waals surface area (Å²) in [6.07, 6.45) is 2.01. The highest BCUT2D eigenvalue weighted by Crippen LogP contribution is 2.04. The number of likely N-dealkylation sites (N-methyl/N-ethyl adjacent to an activating group) is 2. The Hall–Kier alpha value is -1.92. The van der Waals surface area contributed by atoms with Gasteiger partial charge in [-0.3, -0.25) is 14.5 Å². The van der Waals surface area contributed by atoms with Gasteiger partial charge in [-0.2, -0.15) is 0 Å². The smallest absolute Gasteiger partial charge is 0.242 e. The third kappa shape index (κ3) is 6.84. The van der Waals surface area contributed by atoms with Crippen molar-refractivity contribution in [2.45, 2.75) is 12.8 Å². The van der Waals surface area contributed by atoms with Crippen molar-refractivity contribution in [2.24, 2.45) is 0 Å². The van der Waals surface area contributed by atoms with Crippen LogP contribution in [0.15, 0.2) is 30.3 Å². The lowest BCUT2D eigenvalue weighted by Crippen LogP contribution is -2.47. The van der Waals surface area contributed by atoms with Gasteiger partial charge in [0.2, 0.25) is 11.8 Å². The number of hydrogen-bond acceptors (Lipinski definition) is 4. The topological polar surface area (TPSA) is 53.1 Å². The van der Waals surface area contributed by atoms with E-state index in [9.17, 15) is 9.59 Å². The molecular formula is C19H29N3O3. The molecule has 1 aromatic carbocycles. The van der Waals surface area contributed by atoms with Crippen molar-refractivity contribution in [2.75, 3.05) is 60.0 Å². The van der Waals surface area contributed by atoms with E-state index in [2.05, 4.69) is 12.1 Å². The highest BCUT2D eigenvalue weighted by Gasteiger charge is 2.20. The van der Waals surface area contributed by atoms with Gasteiger partial charge in [0.15, 0.2) is 0 Å². The molecular weight excluding hydrogens is 318 g/mol. The Morgan fingerprint density at radius 2 is 1.76 bits per heavy atom. The van der Waals surface area contributed by atoms with Gasteiger partial charge in [0.1, 0.15) is 0 Å². The molecule has 1 aliphatic rings. The first-order valence-electron chi connectivity index (χ1n) is 8.88. The summed E-state index contributed by atoms with van der Waals surface area (Å²) in [7, 11) is 3.64. The summed E-state index contributed by atoms with van der Waals surface area (Å²) in [5, 5.41) is 0. The Morgan fingerprint density at radius 3 is 2.44 bits per heavy atom. The lowest BCUT2D eigenvalue weighted by molar-refractivity contribution is -0.142. The van der Waals surface area contributed by atoms with Crippen LogP contribution in [0.4, 0.5) is 0 Å². The summed E-state index contributed by atoms with van der Waals surface area (Å²) in [5.41, 5.74) is 1.32. The van der Waals surface area contributed by atoms with Crippen LogP contribution < -0.4 is 0 Å². The molecule has 6 nitrogen and oxygen atoms in total. The molecule has 0 unspecified atom stereocenters. The molecule has 1 heterocycles. The number of hydrogen-bond donors (Lipinski definition) is 0. The maximum Gasteiger partial charge on any atom is 0.242 e. The second-order valence-corrected chi connectivity index (χ2v) is 6.57. The van der Waals surface area contributed by atoms with E-state index in [4.69, 9.17) is 4.74 Å². The van der Waals surface area contributed by atoms with E-state index >= 15 is 0 Å². The molecule has 0 saturated carbocycles. The zero-order valence-corrected chi connectivity index (χ0v) is 15.3.